The van der Waals surface area contributed by atoms with E-state index < -0.39 is 32.5 Å². The van der Waals surface area contributed by atoms with Gasteiger partial charge in [0, 0.05) is 11.0 Å². The molecule has 4 rings (SSSR count). The van der Waals surface area contributed by atoms with Crippen LogP contribution in [0.5, 0.6) is 0 Å². The molecule has 38 heavy (non-hydrogen) atoms. The first-order valence-electron chi connectivity index (χ1n) is 12.0. The van der Waals surface area contributed by atoms with Gasteiger partial charge in [-0.15, -0.1) is 0 Å². The number of benzene rings is 1. The maximum absolute atomic E-state index is 13.4. The summed E-state index contributed by atoms with van der Waals surface area (Å²) in [6.07, 6.45) is 3.54. The lowest BCUT2D eigenvalue weighted by Gasteiger charge is -2.19. The summed E-state index contributed by atoms with van der Waals surface area (Å²) in [4.78, 5) is 34.4. The smallest absolute Gasteiger partial charge is 0.431 e. The number of anilines is 1. The van der Waals surface area contributed by atoms with Gasteiger partial charge in [0.25, 0.3) is 5.56 Å². The Morgan fingerprint density at radius 3 is 2.84 bits per heavy atom. The number of nitrogens with zero attached hydrogens (tertiary/aromatic N) is 3. The van der Waals surface area contributed by atoms with E-state index in [0.717, 1.165) is 41.3 Å². The van der Waals surface area contributed by atoms with Crippen molar-refractivity contribution in [2.24, 2.45) is 0 Å². The molecular weight excluding hydrogens is 585 g/mol. The molecule has 3 N–H and O–H groups in total. The Balaban J connectivity index is 1.33. The number of nitrogen functional groups attached to an aromatic ring is 1. The molecule has 0 amide bonds. The van der Waals surface area contributed by atoms with E-state index in [2.05, 4.69) is 30.9 Å². The predicted octanol–water partition coefficient (Wildman–Crippen LogP) is 4.23. The summed E-state index contributed by atoms with van der Waals surface area (Å²) >= 11 is 3.46. The van der Waals surface area contributed by atoms with E-state index in [-0.39, 0.29) is 37.3 Å². The highest BCUT2D eigenvalue weighted by molar-refractivity contribution is 9.10. The molecule has 0 radical (unpaired) electrons. The molecule has 1 aromatic carbocycles. The van der Waals surface area contributed by atoms with Crippen LogP contribution in [0.1, 0.15) is 36.8 Å². The number of rotatable bonds is 12. The molecule has 0 bridgehead atoms. The van der Waals surface area contributed by atoms with Crippen LogP contribution in [0.3, 0.4) is 0 Å². The Bertz CT molecular complexity index is 1370. The minimum absolute atomic E-state index is 0.0236. The van der Waals surface area contributed by atoms with Crippen LogP contribution in [0.2, 0.25) is 0 Å². The van der Waals surface area contributed by atoms with Crippen LogP contribution < -0.4 is 11.3 Å². The van der Waals surface area contributed by atoms with Crippen molar-refractivity contribution in [2.45, 2.75) is 51.9 Å². The van der Waals surface area contributed by atoms with Gasteiger partial charge in [-0.3, -0.25) is 18.9 Å². The number of H-pyrrole nitrogens is 1. The van der Waals surface area contributed by atoms with E-state index in [1.807, 2.05) is 25.1 Å². The summed E-state index contributed by atoms with van der Waals surface area (Å²) in [5, 5.41) is 0. The van der Waals surface area contributed by atoms with Crippen LogP contribution in [0.15, 0.2) is 33.8 Å². The second-order valence-corrected chi connectivity index (χ2v) is 11.6. The molecule has 1 fully saturated rings. The average molecular weight is 614 g/mol. The van der Waals surface area contributed by atoms with Crippen molar-refractivity contribution < 1.29 is 32.6 Å². The summed E-state index contributed by atoms with van der Waals surface area (Å²) in [5.74, 6) is -0.0364. The van der Waals surface area contributed by atoms with E-state index in [0.29, 0.717) is 5.65 Å². The second-order valence-electron chi connectivity index (χ2n) is 8.73. The Hall–Kier alpha value is -2.77. The van der Waals surface area contributed by atoms with Gasteiger partial charge in [0.1, 0.15) is 12.5 Å². The fraction of sp³-hybridized carbons (Fsp3) is 0.478. The number of aromatic amines is 1. The van der Waals surface area contributed by atoms with Gasteiger partial charge in [-0.2, -0.15) is 4.98 Å². The topological polar surface area (TPSA) is 170 Å². The van der Waals surface area contributed by atoms with Gasteiger partial charge >= 0.3 is 13.8 Å². The molecule has 1 saturated carbocycles. The zero-order valence-corrected chi connectivity index (χ0v) is 23.2. The molecule has 2 aromatic heterocycles. The SMILES string of the molecule is Cc1ccc(COP(=O)(COCCn2cnc3c(=O)[nH]c(N)nc32)OCOC(=O)OC2CCCC2)cc1Br. The summed E-state index contributed by atoms with van der Waals surface area (Å²) in [7, 11) is -3.86. The third-order valence-electron chi connectivity index (χ3n) is 5.87. The largest absolute Gasteiger partial charge is 0.510 e. The van der Waals surface area contributed by atoms with Crippen molar-refractivity contribution in [3.63, 3.8) is 0 Å². The zero-order valence-electron chi connectivity index (χ0n) is 20.8. The number of aromatic nitrogens is 4. The van der Waals surface area contributed by atoms with Crippen molar-refractivity contribution in [1.82, 2.24) is 19.5 Å². The normalized spacial score (nSPS) is 15.5. The van der Waals surface area contributed by atoms with Gasteiger partial charge < -0.3 is 29.0 Å². The van der Waals surface area contributed by atoms with E-state index in [1.165, 1.54) is 6.33 Å². The zero-order chi connectivity index (χ0) is 27.1. The quantitative estimate of drug-likeness (QED) is 0.130. The highest BCUT2D eigenvalue weighted by Crippen LogP contribution is 2.49. The maximum Gasteiger partial charge on any atom is 0.510 e. The number of hydrogen-bond acceptors (Lipinski definition) is 11. The number of ether oxygens (including phenoxy) is 3. The summed E-state index contributed by atoms with van der Waals surface area (Å²) in [6, 6.07) is 5.58. The van der Waals surface area contributed by atoms with Crippen LogP contribution >= 0.6 is 23.5 Å². The van der Waals surface area contributed by atoms with E-state index in [4.69, 9.17) is 29.0 Å². The molecule has 13 nitrogen and oxygen atoms in total. The lowest BCUT2D eigenvalue weighted by molar-refractivity contribution is -0.0211. The maximum atomic E-state index is 13.4. The average Bonchev–Trinajstić information content (AvgIpc) is 3.53. The molecule has 206 valence electrons. The first kappa shape index (κ1) is 28.2. The first-order valence-corrected chi connectivity index (χ1v) is 14.5. The minimum Gasteiger partial charge on any atom is -0.431 e. The molecule has 1 aliphatic carbocycles. The monoisotopic (exact) mass is 613 g/mol. The summed E-state index contributed by atoms with van der Waals surface area (Å²) < 4.78 is 42.6. The third-order valence-corrected chi connectivity index (χ3v) is 8.25. The van der Waals surface area contributed by atoms with Crippen molar-refractivity contribution in [3.05, 3.63) is 50.5 Å². The molecular formula is C23H29BrN5O8P. The number of carbonyl (C=O) groups excluding carboxylic acids is 1. The number of aryl methyl sites for hydroxylation is 1. The van der Waals surface area contributed by atoms with Gasteiger partial charge in [0.15, 0.2) is 11.2 Å². The van der Waals surface area contributed by atoms with Gasteiger partial charge in [-0.1, -0.05) is 28.1 Å². The minimum atomic E-state index is -3.86. The summed E-state index contributed by atoms with van der Waals surface area (Å²) in [5.41, 5.74) is 7.40. The van der Waals surface area contributed by atoms with Crippen molar-refractivity contribution in [3.8, 4) is 0 Å². The number of nitrogens with two attached hydrogens (primary N) is 1. The van der Waals surface area contributed by atoms with Crippen LogP contribution in [0, 0.1) is 6.92 Å². The number of hydrogen-bond donors (Lipinski definition) is 2. The molecule has 3 aromatic rings. The molecule has 1 unspecified atom stereocenters. The molecule has 1 atom stereocenters. The Kier molecular flexibility index (Phi) is 9.55. The second kappa shape index (κ2) is 12.9. The number of nitrogens with one attached hydrogen (secondary N) is 1. The van der Waals surface area contributed by atoms with E-state index >= 15 is 0 Å². The standard InChI is InChI=1S/C23H29BrN5O8P/c1-15-6-7-16(10-18(15)24)11-35-38(32,36-13-34-23(31)37-17-4-2-3-5-17)14-33-9-8-29-12-26-19-20(29)27-22(25)28-21(19)30/h6-7,10,12,17H,2-5,8-9,11,13-14H2,1H3,(H3,25,27,28,30). The highest BCUT2D eigenvalue weighted by Gasteiger charge is 2.27. The lowest BCUT2D eigenvalue weighted by atomic mass is 10.2. The van der Waals surface area contributed by atoms with Crippen LogP contribution in [-0.2, 0) is 41.0 Å². The van der Waals surface area contributed by atoms with Gasteiger partial charge in [-0.25, -0.2) is 9.78 Å². The van der Waals surface area contributed by atoms with E-state index in [1.54, 1.807) is 4.57 Å². The molecule has 0 saturated heterocycles. The number of halogens is 1. The lowest BCUT2D eigenvalue weighted by Crippen LogP contribution is -2.17. The Morgan fingerprint density at radius 1 is 1.29 bits per heavy atom. The van der Waals surface area contributed by atoms with Gasteiger partial charge in [0.05, 0.1) is 19.5 Å². The molecule has 0 spiro atoms. The first-order chi connectivity index (χ1) is 18.2. The van der Waals surface area contributed by atoms with Gasteiger partial charge in [0.2, 0.25) is 12.7 Å². The number of imidazole rings is 1. The number of fused-ring (bicyclic) bond motifs is 1. The third kappa shape index (κ3) is 7.64. The molecule has 0 aliphatic heterocycles. The van der Waals surface area contributed by atoms with Crippen LogP contribution in [0.25, 0.3) is 11.2 Å². The number of carbonyl (C=O) groups is 1. The predicted molar refractivity (Wildman–Crippen MR) is 140 cm³/mol. The van der Waals surface area contributed by atoms with Crippen molar-refractivity contribution >= 4 is 46.8 Å². The fourth-order valence-electron chi connectivity index (χ4n) is 3.82. The fourth-order valence-corrected chi connectivity index (χ4v) is 5.38. The van der Waals surface area contributed by atoms with Crippen molar-refractivity contribution in [2.75, 3.05) is 25.5 Å². The molecule has 15 heteroatoms. The molecule has 1 aliphatic rings. The highest BCUT2D eigenvalue weighted by atomic mass is 79.9. The van der Waals surface area contributed by atoms with Crippen LogP contribution in [0.4, 0.5) is 10.7 Å². The van der Waals surface area contributed by atoms with Crippen molar-refractivity contribution in [1.29, 1.82) is 0 Å². The Morgan fingerprint density at radius 2 is 2.08 bits per heavy atom. The van der Waals surface area contributed by atoms with Crippen LogP contribution in [-0.4, -0.2) is 51.5 Å². The summed E-state index contributed by atoms with van der Waals surface area (Å²) in [6.45, 7) is 1.60. The van der Waals surface area contributed by atoms with Gasteiger partial charge in [-0.05, 0) is 49.8 Å². The molecule has 2 heterocycles. The van der Waals surface area contributed by atoms with E-state index in [9.17, 15) is 14.2 Å². The Labute approximate surface area is 226 Å².